The van der Waals surface area contributed by atoms with E-state index in [1.54, 1.807) is 0 Å². The van der Waals surface area contributed by atoms with E-state index < -0.39 is 32.5 Å². The Balaban J connectivity index is 4.46. The lowest BCUT2D eigenvalue weighted by molar-refractivity contribution is -0.870. The Morgan fingerprint density at radius 3 is 1.58 bits per heavy atom. The Bertz CT molecular complexity index is 991. The minimum Gasteiger partial charge on any atom is -0.462 e. The predicted octanol–water partition coefficient (Wildman–Crippen LogP) is 11.4. The molecule has 0 aromatic rings. The monoisotopic (exact) mass is 757 g/mol. The third kappa shape index (κ3) is 38.0. The molecular weight excluding hydrogens is 677 g/mol. The van der Waals surface area contributed by atoms with Crippen LogP contribution in [0.2, 0.25) is 0 Å². The van der Waals surface area contributed by atoms with Gasteiger partial charge in [-0.05, 0) is 51.4 Å². The fraction of sp³-hybridized carbons (Fsp3) is 0.810. The Hall–Kier alpha value is -1.77. The molecule has 0 saturated heterocycles. The molecule has 0 aliphatic rings. The Morgan fingerprint density at radius 1 is 0.596 bits per heavy atom. The molecule has 0 rings (SSSR count). The minimum atomic E-state index is -4.38. The summed E-state index contributed by atoms with van der Waals surface area (Å²) in [7, 11) is 1.46. The number of carbonyl (C=O) groups is 2. The molecule has 0 aromatic heterocycles. The fourth-order valence-electron chi connectivity index (χ4n) is 5.37. The van der Waals surface area contributed by atoms with Crippen molar-refractivity contribution in [3.05, 3.63) is 36.5 Å². The molecule has 1 N–H and O–H groups in total. The van der Waals surface area contributed by atoms with E-state index in [9.17, 15) is 19.0 Å². The average molecular weight is 757 g/mol. The maximum Gasteiger partial charge on any atom is 0.472 e. The van der Waals surface area contributed by atoms with Gasteiger partial charge in [-0.3, -0.25) is 18.6 Å². The second-order valence-corrected chi connectivity index (χ2v) is 16.5. The molecule has 0 fully saturated rings. The van der Waals surface area contributed by atoms with Crippen LogP contribution in [0.3, 0.4) is 0 Å². The van der Waals surface area contributed by atoms with Crippen LogP contribution < -0.4 is 0 Å². The van der Waals surface area contributed by atoms with Gasteiger partial charge in [0.2, 0.25) is 0 Å². The van der Waals surface area contributed by atoms with Crippen molar-refractivity contribution in [3.63, 3.8) is 0 Å². The van der Waals surface area contributed by atoms with Gasteiger partial charge in [0.15, 0.2) is 6.10 Å². The number of hydrogen-bond acceptors (Lipinski definition) is 7. The summed E-state index contributed by atoms with van der Waals surface area (Å²) >= 11 is 0. The molecule has 0 radical (unpaired) electrons. The smallest absolute Gasteiger partial charge is 0.462 e. The molecule has 1 unspecified atom stereocenters. The number of hydrogen-bond donors (Lipinski definition) is 1. The van der Waals surface area contributed by atoms with Gasteiger partial charge in [0.05, 0.1) is 27.7 Å². The number of carbonyl (C=O) groups excluding carboxylic acids is 2. The summed E-state index contributed by atoms with van der Waals surface area (Å²) in [6, 6.07) is 0. The Kier molecular flexibility index (Phi) is 33.8. The molecule has 52 heavy (non-hydrogen) atoms. The van der Waals surface area contributed by atoms with Gasteiger partial charge in [-0.15, -0.1) is 0 Å². The molecule has 10 heteroatoms. The van der Waals surface area contributed by atoms with Crippen molar-refractivity contribution in [2.45, 2.75) is 174 Å². The van der Waals surface area contributed by atoms with Crippen molar-refractivity contribution in [2.24, 2.45) is 0 Å². The maximum absolute atomic E-state index is 12.6. The number of quaternary nitrogens is 1. The van der Waals surface area contributed by atoms with E-state index in [0.717, 1.165) is 44.9 Å². The van der Waals surface area contributed by atoms with Crippen molar-refractivity contribution in [1.82, 2.24) is 0 Å². The van der Waals surface area contributed by atoms with Gasteiger partial charge >= 0.3 is 19.8 Å². The standard InChI is InChI=1S/C42H78NO8P/c1-6-8-10-12-14-16-18-20-21-23-24-26-28-30-32-34-41(44)48-38-40(39-50-52(46,47)49-37-36-43(3,4)5)51-42(45)35-33-31-29-27-25-22-19-17-15-13-11-9-7-2/h14,16,20-21,24,26,40H,6-13,15,17-19,22-23,25,27-39H2,1-5H3/p+1/b16-14-,21-20-,26-24-/t40-/m1/s1. The van der Waals surface area contributed by atoms with Crippen LogP contribution in [-0.4, -0.2) is 74.9 Å². The number of likely N-dealkylation sites (N-methyl/N-ethyl adjacent to an activating group) is 1. The van der Waals surface area contributed by atoms with Crippen molar-refractivity contribution in [3.8, 4) is 0 Å². The molecule has 0 saturated carbocycles. The highest BCUT2D eigenvalue weighted by Crippen LogP contribution is 2.43. The highest BCUT2D eigenvalue weighted by molar-refractivity contribution is 7.47. The van der Waals surface area contributed by atoms with E-state index >= 15 is 0 Å². The van der Waals surface area contributed by atoms with E-state index in [1.807, 2.05) is 21.1 Å². The summed E-state index contributed by atoms with van der Waals surface area (Å²) in [6.07, 6.45) is 37.6. The van der Waals surface area contributed by atoms with Gasteiger partial charge < -0.3 is 18.9 Å². The van der Waals surface area contributed by atoms with Crippen LogP contribution >= 0.6 is 7.82 Å². The van der Waals surface area contributed by atoms with E-state index in [0.29, 0.717) is 23.9 Å². The van der Waals surface area contributed by atoms with Gasteiger partial charge in [-0.1, -0.05) is 140 Å². The molecule has 0 amide bonds. The van der Waals surface area contributed by atoms with Crippen LogP contribution in [0, 0.1) is 0 Å². The first-order chi connectivity index (χ1) is 25.0. The van der Waals surface area contributed by atoms with Crippen molar-refractivity contribution in [2.75, 3.05) is 47.5 Å². The third-order valence-corrected chi connectivity index (χ3v) is 9.66. The largest absolute Gasteiger partial charge is 0.472 e. The van der Waals surface area contributed by atoms with Crippen LogP contribution in [0.25, 0.3) is 0 Å². The number of rotatable bonds is 37. The van der Waals surface area contributed by atoms with Gasteiger partial charge in [0.1, 0.15) is 19.8 Å². The van der Waals surface area contributed by atoms with Crippen molar-refractivity contribution >= 4 is 19.8 Å². The van der Waals surface area contributed by atoms with Crippen LogP contribution in [0.1, 0.15) is 168 Å². The van der Waals surface area contributed by atoms with Gasteiger partial charge in [0.25, 0.3) is 0 Å². The summed E-state index contributed by atoms with van der Waals surface area (Å²) in [6.45, 7) is 4.34. The zero-order valence-corrected chi connectivity index (χ0v) is 34.9. The van der Waals surface area contributed by atoms with Gasteiger partial charge in [-0.2, -0.15) is 0 Å². The zero-order valence-electron chi connectivity index (χ0n) is 34.0. The van der Waals surface area contributed by atoms with E-state index in [1.165, 1.54) is 83.5 Å². The average Bonchev–Trinajstić information content (AvgIpc) is 3.09. The van der Waals surface area contributed by atoms with Gasteiger partial charge in [-0.25, -0.2) is 4.57 Å². The number of allylic oxidation sites excluding steroid dienone is 6. The first kappa shape index (κ1) is 50.2. The SMILES string of the molecule is CCCCC/C=C\C/C=C\C/C=C\CCCCC(=O)OC[C@H](COP(=O)(O)OCC[N+](C)(C)C)OC(=O)CCCCCCCCCCCCCCC. The minimum absolute atomic E-state index is 0.0263. The molecule has 0 bridgehead atoms. The number of ether oxygens (including phenoxy) is 2. The molecule has 0 aliphatic heterocycles. The first-order valence-electron chi connectivity index (χ1n) is 20.7. The summed E-state index contributed by atoms with van der Waals surface area (Å²) in [5.74, 6) is -0.842. The van der Waals surface area contributed by atoms with E-state index in [-0.39, 0.29) is 26.1 Å². The number of phosphoric acid groups is 1. The third-order valence-electron chi connectivity index (χ3n) is 8.67. The van der Waals surface area contributed by atoms with E-state index in [4.69, 9.17) is 18.5 Å². The molecule has 0 aliphatic carbocycles. The molecule has 0 spiro atoms. The van der Waals surface area contributed by atoms with Crippen molar-refractivity contribution < 1.29 is 42.1 Å². The highest BCUT2D eigenvalue weighted by atomic mass is 31.2. The second-order valence-electron chi connectivity index (χ2n) is 15.0. The summed E-state index contributed by atoms with van der Waals surface area (Å²) < 4.78 is 34.2. The van der Waals surface area contributed by atoms with E-state index in [2.05, 4.69) is 50.3 Å². The van der Waals surface area contributed by atoms with Crippen molar-refractivity contribution in [1.29, 1.82) is 0 Å². The van der Waals surface area contributed by atoms with Gasteiger partial charge in [0, 0.05) is 12.8 Å². The fourth-order valence-corrected chi connectivity index (χ4v) is 6.11. The quantitative estimate of drug-likeness (QED) is 0.0219. The Morgan fingerprint density at radius 2 is 1.04 bits per heavy atom. The zero-order chi connectivity index (χ0) is 38.6. The summed E-state index contributed by atoms with van der Waals surface area (Å²) in [5.41, 5.74) is 0. The molecule has 0 aromatic carbocycles. The summed E-state index contributed by atoms with van der Waals surface area (Å²) in [5, 5.41) is 0. The molecule has 0 heterocycles. The summed E-state index contributed by atoms with van der Waals surface area (Å²) in [4.78, 5) is 35.2. The second kappa shape index (κ2) is 35.0. The topological polar surface area (TPSA) is 108 Å². The normalized spacial score (nSPS) is 14.0. The molecule has 2 atom stereocenters. The number of nitrogens with zero attached hydrogens (tertiary/aromatic N) is 1. The maximum atomic E-state index is 12.6. The highest BCUT2D eigenvalue weighted by Gasteiger charge is 2.27. The van der Waals surface area contributed by atoms with Crippen LogP contribution in [-0.2, 0) is 32.7 Å². The van der Waals surface area contributed by atoms with Crippen LogP contribution in [0.5, 0.6) is 0 Å². The lowest BCUT2D eigenvalue weighted by Gasteiger charge is -2.24. The molecule has 9 nitrogen and oxygen atoms in total. The molecular formula is C42H79NO8P+. The first-order valence-corrected chi connectivity index (χ1v) is 22.2. The lowest BCUT2D eigenvalue weighted by atomic mass is 10.0. The number of phosphoric ester groups is 1. The van der Waals surface area contributed by atoms with Crippen LogP contribution in [0.4, 0.5) is 0 Å². The molecule has 304 valence electrons. The Labute approximate surface area is 319 Å². The predicted molar refractivity (Wildman–Crippen MR) is 215 cm³/mol. The number of unbranched alkanes of at least 4 members (excludes halogenated alkanes) is 17. The lowest BCUT2D eigenvalue weighted by Crippen LogP contribution is -2.37. The number of esters is 2. The van der Waals surface area contributed by atoms with Crippen LogP contribution in [0.15, 0.2) is 36.5 Å².